The van der Waals surface area contributed by atoms with Gasteiger partial charge in [-0.25, -0.2) is 4.39 Å². The van der Waals surface area contributed by atoms with Gasteiger partial charge < -0.3 is 9.64 Å². The van der Waals surface area contributed by atoms with Gasteiger partial charge in [0.2, 0.25) is 5.91 Å². The molecule has 0 bridgehead atoms. The van der Waals surface area contributed by atoms with Crippen LogP contribution in [0.4, 0.5) is 4.39 Å². The number of ether oxygens (including phenoxy) is 1. The Hall–Kier alpha value is -3.80. The molecule has 5 heteroatoms. The van der Waals surface area contributed by atoms with Gasteiger partial charge in [-0.2, -0.15) is 0 Å². The molecular weight excluding hydrogens is 499 g/mol. The molecule has 0 radical (unpaired) electrons. The lowest BCUT2D eigenvalue weighted by Gasteiger charge is -2.48. The molecule has 4 nitrogen and oxygen atoms in total. The minimum atomic E-state index is -0.905. The minimum Gasteiger partial charge on any atom is -0.355 e. The van der Waals surface area contributed by atoms with Crippen LogP contribution in [0.15, 0.2) is 97.1 Å². The zero-order chi connectivity index (χ0) is 27.7. The quantitative estimate of drug-likeness (QED) is 0.290. The van der Waals surface area contributed by atoms with Crippen LogP contribution >= 0.6 is 0 Å². The first-order chi connectivity index (χ1) is 19.5. The number of carbonyl (C=O) groups excluding carboxylic acids is 1. The number of methoxy groups -OCH3 is 1. The van der Waals surface area contributed by atoms with Crippen LogP contribution in [0.2, 0.25) is 0 Å². The van der Waals surface area contributed by atoms with E-state index >= 15 is 0 Å². The van der Waals surface area contributed by atoms with Crippen LogP contribution < -0.4 is 0 Å². The number of halogens is 1. The minimum absolute atomic E-state index is 0.0181. The molecule has 0 N–H and O–H groups in total. The molecule has 204 valence electrons. The number of hydrogen-bond acceptors (Lipinski definition) is 3. The Morgan fingerprint density at radius 2 is 1.48 bits per heavy atom. The van der Waals surface area contributed by atoms with E-state index in [1.807, 2.05) is 41.3 Å². The first kappa shape index (κ1) is 26.4. The van der Waals surface area contributed by atoms with Crippen molar-refractivity contribution in [3.63, 3.8) is 0 Å². The number of aryl methyl sites for hydroxylation is 1. The van der Waals surface area contributed by atoms with Gasteiger partial charge in [0.1, 0.15) is 5.82 Å². The number of hydrogen-bond donors (Lipinski definition) is 0. The number of fused-ring (bicyclic) bond motifs is 2. The SMILES string of the molecule is COC1(c2ccccc2C)c2ccccc2CCN1CC(=O)N(Cc1ccccc1F)C1Cc2ccccc2C1. The van der Waals surface area contributed by atoms with Gasteiger partial charge in [-0.05, 0) is 54.5 Å². The molecule has 2 aliphatic rings. The molecule has 1 aliphatic heterocycles. The molecule has 1 amide bonds. The Balaban J connectivity index is 1.38. The summed E-state index contributed by atoms with van der Waals surface area (Å²) in [6.07, 6.45) is 2.36. The van der Waals surface area contributed by atoms with E-state index < -0.39 is 5.72 Å². The van der Waals surface area contributed by atoms with Crippen molar-refractivity contribution in [1.29, 1.82) is 0 Å². The Morgan fingerprint density at radius 3 is 2.15 bits per heavy atom. The Kier molecular flexibility index (Phi) is 7.26. The normalized spacial score (nSPS) is 18.8. The highest BCUT2D eigenvalue weighted by atomic mass is 19.1. The second-order valence-electron chi connectivity index (χ2n) is 10.9. The highest BCUT2D eigenvalue weighted by Crippen LogP contribution is 2.43. The molecule has 6 rings (SSSR count). The summed E-state index contributed by atoms with van der Waals surface area (Å²) in [5.74, 6) is -0.302. The molecule has 40 heavy (non-hydrogen) atoms. The van der Waals surface area contributed by atoms with Crippen molar-refractivity contribution in [2.45, 2.75) is 44.5 Å². The van der Waals surface area contributed by atoms with Crippen LogP contribution in [-0.2, 0) is 41.1 Å². The molecule has 0 aromatic heterocycles. The van der Waals surface area contributed by atoms with Crippen LogP contribution in [0.3, 0.4) is 0 Å². The summed E-state index contributed by atoms with van der Waals surface area (Å²) < 4.78 is 21.3. The highest BCUT2D eigenvalue weighted by molar-refractivity contribution is 5.79. The molecule has 4 aromatic rings. The van der Waals surface area contributed by atoms with Crippen molar-refractivity contribution in [1.82, 2.24) is 9.80 Å². The summed E-state index contributed by atoms with van der Waals surface area (Å²) in [6.45, 7) is 3.16. The molecule has 0 saturated carbocycles. The van der Waals surface area contributed by atoms with E-state index in [2.05, 4.69) is 54.3 Å². The summed E-state index contributed by atoms with van der Waals surface area (Å²) in [5, 5.41) is 0. The molecule has 1 atom stereocenters. The van der Waals surface area contributed by atoms with Crippen LogP contribution in [0.1, 0.15) is 38.9 Å². The first-order valence-corrected chi connectivity index (χ1v) is 14.1. The third-order valence-corrected chi connectivity index (χ3v) is 8.70. The van der Waals surface area contributed by atoms with Crippen LogP contribution in [0.25, 0.3) is 0 Å². The van der Waals surface area contributed by atoms with E-state index in [4.69, 9.17) is 4.74 Å². The van der Waals surface area contributed by atoms with Crippen molar-refractivity contribution in [3.05, 3.63) is 142 Å². The predicted octanol–water partition coefficient (Wildman–Crippen LogP) is 6.04. The number of amides is 1. The van der Waals surface area contributed by atoms with E-state index in [1.165, 1.54) is 22.8 Å². The number of nitrogens with zero attached hydrogens (tertiary/aromatic N) is 2. The maximum atomic E-state index is 14.9. The van der Waals surface area contributed by atoms with E-state index in [0.29, 0.717) is 12.1 Å². The van der Waals surface area contributed by atoms with Gasteiger partial charge >= 0.3 is 0 Å². The Morgan fingerprint density at radius 1 is 0.875 bits per heavy atom. The third-order valence-electron chi connectivity index (χ3n) is 8.70. The predicted molar refractivity (Wildman–Crippen MR) is 155 cm³/mol. The maximum absolute atomic E-state index is 14.9. The fourth-order valence-electron chi connectivity index (χ4n) is 6.70. The van der Waals surface area contributed by atoms with Gasteiger partial charge in [-0.3, -0.25) is 9.69 Å². The van der Waals surface area contributed by atoms with Gasteiger partial charge in [0, 0.05) is 42.9 Å². The van der Waals surface area contributed by atoms with E-state index in [1.54, 1.807) is 19.2 Å². The van der Waals surface area contributed by atoms with Crippen molar-refractivity contribution in [2.75, 3.05) is 20.2 Å². The second-order valence-corrected chi connectivity index (χ2v) is 10.9. The van der Waals surface area contributed by atoms with Crippen LogP contribution in [0, 0.1) is 12.7 Å². The van der Waals surface area contributed by atoms with Gasteiger partial charge in [0.15, 0.2) is 5.72 Å². The molecule has 0 spiro atoms. The van der Waals surface area contributed by atoms with Crippen molar-refractivity contribution < 1.29 is 13.9 Å². The summed E-state index contributed by atoms with van der Waals surface area (Å²) in [6, 6.07) is 31.7. The van der Waals surface area contributed by atoms with Gasteiger partial charge in [-0.1, -0.05) is 91.0 Å². The highest BCUT2D eigenvalue weighted by Gasteiger charge is 2.47. The van der Waals surface area contributed by atoms with Crippen LogP contribution in [0.5, 0.6) is 0 Å². The summed E-state index contributed by atoms with van der Waals surface area (Å²) in [5.41, 5.74) is 6.59. The molecular formula is C35H35FN2O2. The zero-order valence-corrected chi connectivity index (χ0v) is 23.1. The van der Waals surface area contributed by atoms with Crippen molar-refractivity contribution >= 4 is 5.91 Å². The number of benzene rings is 4. The average molecular weight is 535 g/mol. The molecule has 4 aromatic carbocycles. The average Bonchev–Trinajstić information content (AvgIpc) is 3.41. The molecule has 1 heterocycles. The number of carbonyl (C=O) groups is 1. The lowest BCUT2D eigenvalue weighted by atomic mass is 9.82. The van der Waals surface area contributed by atoms with E-state index in [9.17, 15) is 9.18 Å². The summed E-state index contributed by atoms with van der Waals surface area (Å²) >= 11 is 0. The largest absolute Gasteiger partial charge is 0.355 e. The maximum Gasteiger partial charge on any atom is 0.237 e. The van der Waals surface area contributed by atoms with Crippen LogP contribution in [-0.4, -0.2) is 41.9 Å². The Bertz CT molecular complexity index is 1510. The topological polar surface area (TPSA) is 32.8 Å². The lowest BCUT2D eigenvalue weighted by molar-refractivity contribution is -0.151. The van der Waals surface area contributed by atoms with E-state index in [-0.39, 0.29) is 30.9 Å². The fraction of sp³-hybridized carbons (Fsp3) is 0.286. The number of rotatable bonds is 7. The van der Waals surface area contributed by atoms with Crippen molar-refractivity contribution in [3.8, 4) is 0 Å². The monoisotopic (exact) mass is 534 g/mol. The molecule has 0 fully saturated rings. The Labute approximate surface area is 236 Å². The van der Waals surface area contributed by atoms with Gasteiger partial charge in [0.05, 0.1) is 6.54 Å². The summed E-state index contributed by atoms with van der Waals surface area (Å²) in [4.78, 5) is 18.5. The van der Waals surface area contributed by atoms with E-state index in [0.717, 1.165) is 36.0 Å². The fourth-order valence-corrected chi connectivity index (χ4v) is 6.70. The first-order valence-electron chi connectivity index (χ1n) is 14.1. The molecule has 1 aliphatic carbocycles. The standard InChI is InChI=1S/C35H35FN2O2/c1-25-11-3-8-16-31(25)35(40-2)32-17-9-6-12-26(32)19-20-37(35)24-34(39)38(23-29-15-7-10-18-33(29)36)30-21-27-13-4-5-14-28(27)22-30/h3-18,30H,19-24H2,1-2H3. The zero-order valence-electron chi connectivity index (χ0n) is 23.1. The third kappa shape index (κ3) is 4.63. The molecule has 0 saturated heterocycles. The molecule has 1 unspecified atom stereocenters. The lowest BCUT2D eigenvalue weighted by Crippen LogP contribution is -2.57. The summed E-state index contributed by atoms with van der Waals surface area (Å²) in [7, 11) is 1.73. The second kappa shape index (κ2) is 11.0. The van der Waals surface area contributed by atoms with Crippen molar-refractivity contribution in [2.24, 2.45) is 0 Å². The smallest absolute Gasteiger partial charge is 0.237 e. The van der Waals surface area contributed by atoms with Gasteiger partial charge in [-0.15, -0.1) is 0 Å². The van der Waals surface area contributed by atoms with Gasteiger partial charge in [0.25, 0.3) is 0 Å².